The van der Waals surface area contributed by atoms with Gasteiger partial charge in [0.15, 0.2) is 0 Å². The van der Waals surface area contributed by atoms with Gasteiger partial charge in [-0.2, -0.15) is 0 Å². The number of aromatic hydroxyl groups is 1. The lowest BCUT2D eigenvalue weighted by molar-refractivity contribution is -0.142. The minimum atomic E-state index is -1.36. The largest absolute Gasteiger partial charge is 0.508 e. The van der Waals surface area contributed by atoms with Crippen LogP contribution in [0.25, 0.3) is 0 Å². The van der Waals surface area contributed by atoms with Crippen LogP contribution in [0.1, 0.15) is 24.0 Å². The number of rotatable bonds is 14. The lowest BCUT2D eigenvalue weighted by Gasteiger charge is -2.21. The number of phenols is 1. The number of carboxylic acids is 1. The van der Waals surface area contributed by atoms with E-state index in [1.165, 1.54) is 12.1 Å². The second kappa shape index (κ2) is 14.2. The van der Waals surface area contributed by atoms with Crippen molar-refractivity contribution in [1.82, 2.24) is 16.0 Å². The van der Waals surface area contributed by atoms with Crippen LogP contribution < -0.4 is 27.4 Å². The summed E-state index contributed by atoms with van der Waals surface area (Å²) in [6.45, 7) is -0.572. The Balaban J connectivity index is 2.03. The van der Waals surface area contributed by atoms with Gasteiger partial charge in [0.05, 0.1) is 12.6 Å². The fourth-order valence-corrected chi connectivity index (χ4v) is 3.40. The molecule has 2 aromatic rings. The molecule has 9 N–H and O–H groups in total. The number of hydrogen-bond donors (Lipinski definition) is 7. The molecular formula is C25H31N5O7. The monoisotopic (exact) mass is 513 g/mol. The van der Waals surface area contributed by atoms with Crippen molar-refractivity contribution >= 4 is 29.6 Å². The lowest BCUT2D eigenvalue weighted by Crippen LogP contribution is -2.54. The van der Waals surface area contributed by atoms with Crippen LogP contribution in [0.3, 0.4) is 0 Å². The third kappa shape index (κ3) is 10.4. The van der Waals surface area contributed by atoms with Crippen LogP contribution in [0, 0.1) is 0 Å². The van der Waals surface area contributed by atoms with Gasteiger partial charge in [-0.25, -0.2) is 4.79 Å². The van der Waals surface area contributed by atoms with Gasteiger partial charge >= 0.3 is 5.97 Å². The molecule has 0 radical (unpaired) electrons. The molecule has 2 aromatic carbocycles. The molecule has 12 heteroatoms. The summed E-state index contributed by atoms with van der Waals surface area (Å²) in [7, 11) is 0. The van der Waals surface area contributed by atoms with Crippen LogP contribution >= 0.6 is 0 Å². The van der Waals surface area contributed by atoms with Gasteiger partial charge < -0.3 is 37.6 Å². The smallest absolute Gasteiger partial charge is 0.326 e. The highest BCUT2D eigenvalue weighted by Gasteiger charge is 2.26. The van der Waals surface area contributed by atoms with Crippen LogP contribution in [0.5, 0.6) is 5.75 Å². The molecule has 198 valence electrons. The highest BCUT2D eigenvalue weighted by molar-refractivity contribution is 5.93. The minimum absolute atomic E-state index is 0.0275. The fraction of sp³-hybridized carbons (Fsp3) is 0.320. The zero-order valence-corrected chi connectivity index (χ0v) is 20.1. The van der Waals surface area contributed by atoms with Crippen molar-refractivity contribution < 1.29 is 34.2 Å². The van der Waals surface area contributed by atoms with E-state index in [0.717, 1.165) is 5.56 Å². The van der Waals surface area contributed by atoms with Gasteiger partial charge in [0.1, 0.15) is 17.8 Å². The number of hydrogen-bond acceptors (Lipinski definition) is 7. The van der Waals surface area contributed by atoms with Crippen molar-refractivity contribution in [3.05, 3.63) is 65.7 Å². The van der Waals surface area contributed by atoms with Crippen molar-refractivity contribution in [3.63, 3.8) is 0 Å². The molecule has 0 spiro atoms. The highest BCUT2D eigenvalue weighted by Crippen LogP contribution is 2.12. The number of primary amides is 1. The summed E-state index contributed by atoms with van der Waals surface area (Å²) >= 11 is 0. The van der Waals surface area contributed by atoms with E-state index in [9.17, 15) is 34.2 Å². The Hall–Kier alpha value is -4.45. The Kier molecular flexibility index (Phi) is 11.0. The van der Waals surface area contributed by atoms with E-state index in [1.807, 2.05) is 30.3 Å². The van der Waals surface area contributed by atoms with Crippen LogP contribution in [0.4, 0.5) is 0 Å². The van der Waals surface area contributed by atoms with Crippen LogP contribution in [-0.4, -0.2) is 64.5 Å². The first-order chi connectivity index (χ1) is 17.5. The molecule has 37 heavy (non-hydrogen) atoms. The SMILES string of the molecule is NC(=O)CCC(NC(=O)CNC(=O)C(Cc1ccc(O)cc1)NC(=O)C(N)Cc1ccccc1)C(=O)O. The van der Waals surface area contributed by atoms with Gasteiger partial charge in [-0.3, -0.25) is 19.2 Å². The standard InChI is InChI=1S/C25H31N5O7/c26-18(12-15-4-2-1-3-5-15)23(34)30-20(13-16-6-8-17(31)9-7-16)24(35)28-14-22(33)29-19(25(36)37)10-11-21(27)32/h1-9,18-20,31H,10-14,26H2,(H2,27,32)(H,28,35)(H,29,33)(H,30,34)(H,36,37). The summed E-state index contributed by atoms with van der Waals surface area (Å²) in [6, 6.07) is 11.7. The molecule has 3 atom stereocenters. The number of amides is 4. The fourth-order valence-electron chi connectivity index (χ4n) is 3.40. The van der Waals surface area contributed by atoms with Crippen molar-refractivity contribution in [2.75, 3.05) is 6.54 Å². The average molecular weight is 514 g/mol. The molecule has 0 aliphatic heterocycles. The van der Waals surface area contributed by atoms with Crippen molar-refractivity contribution in [2.24, 2.45) is 11.5 Å². The number of aliphatic carboxylic acids is 1. The van der Waals surface area contributed by atoms with Gasteiger partial charge in [0, 0.05) is 12.8 Å². The lowest BCUT2D eigenvalue weighted by atomic mass is 10.0. The highest BCUT2D eigenvalue weighted by atomic mass is 16.4. The topological polar surface area (TPSA) is 214 Å². The second-order valence-electron chi connectivity index (χ2n) is 8.41. The third-order valence-corrected chi connectivity index (χ3v) is 5.38. The van der Waals surface area contributed by atoms with Crippen molar-refractivity contribution in [2.45, 2.75) is 43.8 Å². The van der Waals surface area contributed by atoms with Crippen molar-refractivity contribution in [3.8, 4) is 5.75 Å². The second-order valence-corrected chi connectivity index (χ2v) is 8.41. The summed E-state index contributed by atoms with van der Waals surface area (Å²) in [4.78, 5) is 60.1. The molecular weight excluding hydrogens is 482 g/mol. The molecule has 2 rings (SSSR count). The summed E-state index contributed by atoms with van der Waals surface area (Å²) in [5.74, 6) is -4.13. The zero-order chi connectivity index (χ0) is 27.4. The summed E-state index contributed by atoms with van der Waals surface area (Å²) in [5.41, 5.74) is 12.5. The van der Waals surface area contributed by atoms with Gasteiger partial charge in [-0.1, -0.05) is 42.5 Å². The number of benzene rings is 2. The van der Waals surface area contributed by atoms with E-state index in [1.54, 1.807) is 12.1 Å². The Morgan fingerprint density at radius 3 is 2.03 bits per heavy atom. The molecule has 0 saturated carbocycles. The third-order valence-electron chi connectivity index (χ3n) is 5.38. The maximum atomic E-state index is 12.9. The van der Waals surface area contributed by atoms with E-state index in [-0.39, 0.29) is 31.4 Å². The normalized spacial score (nSPS) is 13.0. The Morgan fingerprint density at radius 1 is 0.811 bits per heavy atom. The molecule has 0 aliphatic carbocycles. The number of nitrogens with two attached hydrogens (primary N) is 2. The molecule has 0 bridgehead atoms. The summed E-state index contributed by atoms with van der Waals surface area (Å²) in [6.07, 6.45) is -0.171. The summed E-state index contributed by atoms with van der Waals surface area (Å²) in [5, 5.41) is 25.9. The molecule has 12 nitrogen and oxygen atoms in total. The number of nitrogens with one attached hydrogen (secondary N) is 3. The Morgan fingerprint density at radius 2 is 1.43 bits per heavy atom. The summed E-state index contributed by atoms with van der Waals surface area (Å²) < 4.78 is 0. The minimum Gasteiger partial charge on any atom is -0.508 e. The van der Waals surface area contributed by atoms with E-state index >= 15 is 0 Å². The first-order valence-electron chi connectivity index (χ1n) is 11.5. The van der Waals surface area contributed by atoms with Gasteiger partial charge in [0.2, 0.25) is 23.6 Å². The Bertz CT molecular complexity index is 1090. The number of carbonyl (C=O) groups excluding carboxylic acids is 4. The number of carboxylic acid groups (broad SMARTS) is 1. The first kappa shape index (κ1) is 28.8. The van der Waals surface area contributed by atoms with Gasteiger partial charge in [-0.05, 0) is 36.1 Å². The van der Waals surface area contributed by atoms with E-state index in [0.29, 0.717) is 5.56 Å². The molecule has 0 aliphatic rings. The zero-order valence-electron chi connectivity index (χ0n) is 20.1. The predicted molar refractivity (Wildman–Crippen MR) is 133 cm³/mol. The number of phenolic OH excluding ortho intramolecular Hbond substituents is 1. The molecule has 0 heterocycles. The maximum Gasteiger partial charge on any atom is 0.326 e. The van der Waals surface area contributed by atoms with Gasteiger partial charge in [0.25, 0.3) is 0 Å². The van der Waals surface area contributed by atoms with E-state index in [4.69, 9.17) is 11.5 Å². The quantitative estimate of drug-likeness (QED) is 0.165. The average Bonchev–Trinajstić information content (AvgIpc) is 2.86. The van der Waals surface area contributed by atoms with Crippen LogP contribution in [0.2, 0.25) is 0 Å². The van der Waals surface area contributed by atoms with Gasteiger partial charge in [-0.15, -0.1) is 0 Å². The van der Waals surface area contributed by atoms with Crippen molar-refractivity contribution in [1.29, 1.82) is 0 Å². The number of carbonyl (C=O) groups is 5. The van der Waals surface area contributed by atoms with Crippen LogP contribution in [-0.2, 0) is 36.8 Å². The maximum absolute atomic E-state index is 12.9. The molecule has 0 saturated heterocycles. The molecule has 4 amide bonds. The molecule has 0 fully saturated rings. The van der Waals surface area contributed by atoms with E-state index in [2.05, 4.69) is 16.0 Å². The van der Waals surface area contributed by atoms with E-state index < -0.39 is 54.3 Å². The molecule has 3 unspecified atom stereocenters. The van der Waals surface area contributed by atoms with Crippen LogP contribution in [0.15, 0.2) is 54.6 Å². The first-order valence-corrected chi connectivity index (χ1v) is 11.5. The molecule has 0 aromatic heterocycles. The predicted octanol–water partition coefficient (Wildman–Crippen LogP) is -1.06. The Labute approximate surface area is 213 Å².